The summed E-state index contributed by atoms with van der Waals surface area (Å²) >= 11 is 0. The number of carboxylic acids is 1. The Kier molecular flexibility index (Phi) is 9.64. The summed E-state index contributed by atoms with van der Waals surface area (Å²) in [5.74, 6) is -2.15. The highest BCUT2D eigenvalue weighted by Gasteiger charge is 2.49. The molecule has 12 heteroatoms. The fraction of sp³-hybridized carbons (Fsp3) is 0.515. The number of hydrogen-bond acceptors (Lipinski definition) is 10. The lowest BCUT2D eigenvalue weighted by atomic mass is 9.68. The smallest absolute Gasteiger partial charge is 0.317 e. The van der Waals surface area contributed by atoms with E-state index in [4.69, 9.17) is 0 Å². The van der Waals surface area contributed by atoms with Gasteiger partial charge in [-0.25, -0.2) is 0 Å². The Morgan fingerprint density at radius 3 is 2.44 bits per heavy atom. The molecule has 2 fully saturated rings. The summed E-state index contributed by atoms with van der Waals surface area (Å²) in [7, 11) is 0. The molecule has 2 aromatic carbocycles. The zero-order valence-electron chi connectivity index (χ0n) is 26.0. The van der Waals surface area contributed by atoms with Gasteiger partial charge in [-0.1, -0.05) is 19.9 Å². The standard InChI is InChI=1S/C33H42N6O6/c1-4-35-31(43)25-13-19(11-21-14-20(5-8-36-21)30(42)33(32(44)45)6-9-34-10-7-33)12-24(29(25)26-17-37-39-38-26)23-15-22(18(2)3)27(40)16-28(23)41/h12-13,15-18,20-21,26,34,36,40-41H,4-11,14H2,1-3H3,(H,35,43)(H,44,45). The van der Waals surface area contributed by atoms with E-state index < -0.39 is 23.3 Å². The maximum atomic E-state index is 13.7. The fourth-order valence-corrected chi connectivity index (χ4v) is 6.92. The number of piperidine rings is 2. The highest BCUT2D eigenvalue weighted by atomic mass is 16.4. The fourth-order valence-electron chi connectivity index (χ4n) is 6.92. The molecular weight excluding hydrogens is 576 g/mol. The van der Waals surface area contributed by atoms with Crippen molar-refractivity contribution in [3.05, 3.63) is 46.5 Å². The number of nitrogens with zero attached hydrogens (tertiary/aromatic N) is 3. The number of phenolic OH excluding ortho intramolecular Hbond substituents is 2. The number of ketones is 1. The molecule has 45 heavy (non-hydrogen) atoms. The van der Waals surface area contributed by atoms with Gasteiger partial charge in [0.05, 0.1) is 6.21 Å². The number of nitrogens with one attached hydrogen (secondary N) is 3. The maximum absolute atomic E-state index is 13.7. The van der Waals surface area contributed by atoms with Gasteiger partial charge in [-0.05, 0) is 98.6 Å². The van der Waals surface area contributed by atoms with Crippen molar-refractivity contribution in [2.24, 2.45) is 26.8 Å². The van der Waals surface area contributed by atoms with Crippen molar-refractivity contribution in [2.45, 2.75) is 70.9 Å². The number of benzene rings is 2. The van der Waals surface area contributed by atoms with Crippen LogP contribution in [0.4, 0.5) is 0 Å². The van der Waals surface area contributed by atoms with E-state index in [0.29, 0.717) is 73.3 Å². The number of carbonyl (C=O) groups excluding carboxylic acids is 2. The normalized spacial score (nSPS) is 22.4. The molecule has 0 aliphatic carbocycles. The number of rotatable bonds is 10. The van der Waals surface area contributed by atoms with Gasteiger partial charge in [-0.15, -0.1) is 5.10 Å². The highest BCUT2D eigenvalue weighted by molar-refractivity contribution is 6.04. The van der Waals surface area contributed by atoms with E-state index in [9.17, 15) is 29.7 Å². The number of Topliss-reactive ketones (excluding diaryl/α,β-unsaturated/α-hetero) is 1. The van der Waals surface area contributed by atoms with Gasteiger partial charge in [0.25, 0.3) is 5.91 Å². The zero-order chi connectivity index (χ0) is 32.3. The van der Waals surface area contributed by atoms with E-state index in [1.165, 1.54) is 6.07 Å². The predicted octanol–water partition coefficient (Wildman–Crippen LogP) is 4.06. The lowest BCUT2D eigenvalue weighted by Gasteiger charge is -2.38. The first-order chi connectivity index (χ1) is 21.6. The van der Waals surface area contributed by atoms with Crippen LogP contribution in [0.15, 0.2) is 39.7 Å². The minimum atomic E-state index is -1.36. The summed E-state index contributed by atoms with van der Waals surface area (Å²) in [6, 6.07) is 5.97. The maximum Gasteiger partial charge on any atom is 0.317 e. The van der Waals surface area contributed by atoms with Crippen molar-refractivity contribution in [1.29, 1.82) is 0 Å². The van der Waals surface area contributed by atoms with Crippen molar-refractivity contribution >= 4 is 23.9 Å². The molecule has 3 heterocycles. The van der Waals surface area contributed by atoms with Gasteiger partial charge in [-0.3, -0.25) is 14.4 Å². The van der Waals surface area contributed by atoms with Crippen LogP contribution >= 0.6 is 0 Å². The molecule has 0 saturated carbocycles. The summed E-state index contributed by atoms with van der Waals surface area (Å²) in [5.41, 5.74) is 1.97. The Morgan fingerprint density at radius 1 is 1.04 bits per heavy atom. The van der Waals surface area contributed by atoms with Crippen LogP contribution in [0.3, 0.4) is 0 Å². The van der Waals surface area contributed by atoms with Crippen molar-refractivity contribution < 1.29 is 29.7 Å². The van der Waals surface area contributed by atoms with Crippen LogP contribution in [0, 0.1) is 11.3 Å². The Hall–Kier alpha value is -4.16. The Balaban J connectivity index is 1.55. The topological polar surface area (TPSA) is 185 Å². The quantitative estimate of drug-likeness (QED) is 0.215. The molecule has 3 atom stereocenters. The third-order valence-electron chi connectivity index (χ3n) is 9.30. The molecule has 2 aromatic rings. The molecule has 2 saturated heterocycles. The Labute approximate surface area is 262 Å². The van der Waals surface area contributed by atoms with E-state index >= 15 is 0 Å². The molecule has 0 bridgehead atoms. The minimum absolute atomic E-state index is 0.0231. The third kappa shape index (κ3) is 6.48. The van der Waals surface area contributed by atoms with Gasteiger partial charge in [0.1, 0.15) is 23.0 Å². The first kappa shape index (κ1) is 32.2. The van der Waals surface area contributed by atoms with Gasteiger partial charge in [0.15, 0.2) is 5.78 Å². The van der Waals surface area contributed by atoms with Crippen LogP contribution in [0.25, 0.3) is 11.1 Å². The summed E-state index contributed by atoms with van der Waals surface area (Å²) < 4.78 is 0. The SMILES string of the molecule is CCNC(=O)c1cc(CC2CC(C(=O)C3(C(=O)O)CCNCC3)CCN2)cc(-c2cc(C(C)C)c(O)cc2O)c1C1C=NN=N1. The Morgan fingerprint density at radius 2 is 1.80 bits per heavy atom. The van der Waals surface area contributed by atoms with Crippen LogP contribution in [-0.2, 0) is 16.0 Å². The van der Waals surface area contributed by atoms with E-state index in [2.05, 4.69) is 31.4 Å². The zero-order valence-corrected chi connectivity index (χ0v) is 26.0. The van der Waals surface area contributed by atoms with Crippen LogP contribution < -0.4 is 16.0 Å². The molecule has 0 radical (unpaired) electrons. The summed E-state index contributed by atoms with van der Waals surface area (Å²) in [6.45, 7) is 7.67. The summed E-state index contributed by atoms with van der Waals surface area (Å²) in [4.78, 5) is 39.6. The monoisotopic (exact) mass is 618 g/mol. The molecule has 12 nitrogen and oxygen atoms in total. The first-order valence-electron chi connectivity index (χ1n) is 15.7. The highest BCUT2D eigenvalue weighted by Crippen LogP contribution is 2.43. The van der Waals surface area contributed by atoms with E-state index in [1.807, 2.05) is 32.9 Å². The molecule has 1 amide bonds. The molecule has 3 aliphatic heterocycles. The van der Waals surface area contributed by atoms with Crippen molar-refractivity contribution in [3.63, 3.8) is 0 Å². The molecule has 3 unspecified atom stereocenters. The van der Waals surface area contributed by atoms with E-state index in [1.54, 1.807) is 12.3 Å². The van der Waals surface area contributed by atoms with Gasteiger partial charge >= 0.3 is 5.97 Å². The first-order valence-corrected chi connectivity index (χ1v) is 15.7. The predicted molar refractivity (Wildman–Crippen MR) is 169 cm³/mol. The molecule has 3 aliphatic rings. The Bertz CT molecular complexity index is 1520. The average molecular weight is 619 g/mol. The number of hydrogen-bond donors (Lipinski definition) is 6. The minimum Gasteiger partial charge on any atom is -0.508 e. The van der Waals surface area contributed by atoms with Gasteiger partial charge in [0, 0.05) is 41.3 Å². The van der Waals surface area contributed by atoms with Crippen molar-refractivity contribution in [3.8, 4) is 22.6 Å². The van der Waals surface area contributed by atoms with Crippen LogP contribution in [0.5, 0.6) is 11.5 Å². The number of aliphatic carboxylic acids is 1. The van der Waals surface area contributed by atoms with Crippen LogP contribution in [0.2, 0.25) is 0 Å². The number of amides is 1. The molecular formula is C33H42N6O6. The summed E-state index contributed by atoms with van der Waals surface area (Å²) in [6.07, 6.45) is 3.61. The second kappa shape index (κ2) is 13.5. The second-order valence-electron chi connectivity index (χ2n) is 12.5. The molecule has 5 rings (SSSR count). The van der Waals surface area contributed by atoms with Crippen LogP contribution in [-0.4, -0.2) is 71.4 Å². The molecule has 0 aromatic heterocycles. The lowest BCUT2D eigenvalue weighted by Crippen LogP contribution is -2.52. The number of phenols is 2. The number of carboxylic acid groups (broad SMARTS) is 1. The molecule has 240 valence electrons. The lowest BCUT2D eigenvalue weighted by molar-refractivity contribution is -0.159. The largest absolute Gasteiger partial charge is 0.508 e. The van der Waals surface area contributed by atoms with Crippen molar-refractivity contribution in [2.75, 3.05) is 26.2 Å². The van der Waals surface area contributed by atoms with E-state index in [-0.39, 0.29) is 48.0 Å². The third-order valence-corrected chi connectivity index (χ3v) is 9.30. The van der Waals surface area contributed by atoms with Gasteiger partial charge < -0.3 is 31.3 Å². The van der Waals surface area contributed by atoms with E-state index in [0.717, 1.165) is 5.56 Å². The van der Waals surface area contributed by atoms with Gasteiger partial charge in [0.2, 0.25) is 0 Å². The van der Waals surface area contributed by atoms with Gasteiger partial charge in [-0.2, -0.15) is 5.11 Å². The van der Waals surface area contributed by atoms with Crippen molar-refractivity contribution in [1.82, 2.24) is 16.0 Å². The second-order valence-corrected chi connectivity index (χ2v) is 12.5. The number of carbonyl (C=O) groups is 3. The number of aromatic hydroxyl groups is 2. The summed E-state index contributed by atoms with van der Waals surface area (Å²) in [5, 5.41) is 53.2. The molecule has 6 N–H and O–H groups in total. The average Bonchev–Trinajstić information content (AvgIpc) is 3.55. The molecule has 0 spiro atoms. The van der Waals surface area contributed by atoms with Crippen LogP contribution in [0.1, 0.15) is 85.5 Å².